The normalized spacial score (nSPS) is 13.8. The Bertz CT molecular complexity index is 303. The van der Waals surface area contributed by atoms with Crippen molar-refractivity contribution in [1.29, 1.82) is 0 Å². The van der Waals surface area contributed by atoms with Crippen LogP contribution in [0.1, 0.15) is 51.9 Å². The van der Waals surface area contributed by atoms with E-state index in [1.54, 1.807) is 6.08 Å². The molecule has 0 aliphatic heterocycles. The van der Waals surface area contributed by atoms with E-state index in [-0.39, 0.29) is 6.42 Å². The minimum Gasteiger partial charge on any atom is -0.481 e. The molecule has 0 saturated carbocycles. The van der Waals surface area contributed by atoms with Crippen LogP contribution in [0.4, 0.5) is 0 Å². The van der Waals surface area contributed by atoms with E-state index in [1.165, 1.54) is 0 Å². The second-order valence-electron chi connectivity index (χ2n) is 4.49. The highest BCUT2D eigenvalue weighted by Gasteiger charge is 1.95. The number of hydrogen-bond acceptors (Lipinski definition) is 2. The Morgan fingerprint density at radius 3 is 2.58 bits per heavy atom. The largest absolute Gasteiger partial charge is 0.481 e. The van der Waals surface area contributed by atoms with E-state index in [2.05, 4.69) is 13.0 Å². The minimum absolute atomic E-state index is 0.262. The molecule has 0 saturated heterocycles. The molecular weight excluding hydrogens is 240 g/mol. The lowest BCUT2D eigenvalue weighted by Crippen LogP contribution is -1.98. The smallest absolute Gasteiger partial charge is 0.303 e. The van der Waals surface area contributed by atoms with Crippen molar-refractivity contribution in [3.63, 3.8) is 0 Å². The first-order valence-corrected chi connectivity index (χ1v) is 7.05. The Morgan fingerprint density at radius 2 is 1.89 bits per heavy atom. The molecule has 3 nitrogen and oxygen atoms in total. The van der Waals surface area contributed by atoms with Gasteiger partial charge in [-0.15, -0.1) is 0 Å². The van der Waals surface area contributed by atoms with Gasteiger partial charge in [0.25, 0.3) is 0 Å². The van der Waals surface area contributed by atoms with Gasteiger partial charge < -0.3 is 10.2 Å². The third kappa shape index (κ3) is 14.6. The third-order valence-electron chi connectivity index (χ3n) is 2.62. The van der Waals surface area contributed by atoms with Gasteiger partial charge in [0.15, 0.2) is 0 Å². The number of carboxylic acids is 1. The second-order valence-corrected chi connectivity index (χ2v) is 4.49. The maximum atomic E-state index is 10.3. The summed E-state index contributed by atoms with van der Waals surface area (Å²) in [7, 11) is 0. The summed E-state index contributed by atoms with van der Waals surface area (Å²) in [5.74, 6) is -0.720. The Balaban J connectivity index is 3.49. The van der Waals surface area contributed by atoms with Crippen LogP contribution in [-0.4, -0.2) is 22.3 Å². The Kier molecular flexibility index (Phi) is 12.2. The van der Waals surface area contributed by atoms with E-state index < -0.39 is 12.1 Å². The zero-order valence-corrected chi connectivity index (χ0v) is 11.8. The lowest BCUT2D eigenvalue weighted by Gasteiger charge is -1.99. The van der Waals surface area contributed by atoms with E-state index in [0.29, 0.717) is 6.42 Å². The molecule has 0 heterocycles. The third-order valence-corrected chi connectivity index (χ3v) is 2.62. The fourth-order valence-corrected chi connectivity index (χ4v) is 1.55. The summed E-state index contributed by atoms with van der Waals surface area (Å²) in [6, 6.07) is 0. The highest BCUT2D eigenvalue weighted by molar-refractivity contribution is 5.66. The number of rotatable bonds is 11. The van der Waals surface area contributed by atoms with E-state index in [1.807, 2.05) is 24.3 Å². The fraction of sp³-hybridized carbons (Fsp3) is 0.562. The molecule has 0 aliphatic carbocycles. The Labute approximate surface area is 116 Å². The molecule has 0 spiro atoms. The van der Waals surface area contributed by atoms with E-state index in [9.17, 15) is 9.90 Å². The van der Waals surface area contributed by atoms with Gasteiger partial charge in [-0.25, -0.2) is 0 Å². The molecule has 0 aliphatic rings. The maximum Gasteiger partial charge on any atom is 0.303 e. The molecule has 0 rings (SSSR count). The van der Waals surface area contributed by atoms with Gasteiger partial charge in [0.05, 0.1) is 6.10 Å². The number of aliphatic hydroxyl groups is 1. The standard InChI is InChI=1S/C16H26O3/c1-2-3-4-9-12-15(17)13-10-7-5-6-8-11-14-16(18)19/h3-4,7,9-10,12,15,17H,2,5-6,8,11,13-14H2,1H3,(H,18,19). The summed E-state index contributed by atoms with van der Waals surface area (Å²) in [5.41, 5.74) is 0. The number of aliphatic hydroxyl groups excluding tert-OH is 1. The summed E-state index contributed by atoms with van der Waals surface area (Å²) in [6.07, 6.45) is 16.8. The Hall–Kier alpha value is -1.35. The van der Waals surface area contributed by atoms with Crippen molar-refractivity contribution in [3.05, 3.63) is 36.5 Å². The highest BCUT2D eigenvalue weighted by atomic mass is 16.4. The molecule has 3 heteroatoms. The van der Waals surface area contributed by atoms with Crippen LogP contribution in [0.2, 0.25) is 0 Å². The SMILES string of the molecule is CCC=CC=CC(O)CC=CCCCCCC(=O)O. The van der Waals surface area contributed by atoms with Gasteiger partial charge in [0.1, 0.15) is 0 Å². The fourth-order valence-electron chi connectivity index (χ4n) is 1.55. The zero-order valence-electron chi connectivity index (χ0n) is 11.8. The molecule has 1 unspecified atom stereocenters. The monoisotopic (exact) mass is 266 g/mol. The number of unbranched alkanes of at least 4 members (excludes halogenated alkanes) is 3. The zero-order chi connectivity index (χ0) is 14.3. The Morgan fingerprint density at radius 1 is 1.11 bits per heavy atom. The van der Waals surface area contributed by atoms with Gasteiger partial charge in [0.2, 0.25) is 0 Å². The van der Waals surface area contributed by atoms with Crippen LogP contribution in [-0.2, 0) is 4.79 Å². The molecule has 0 aromatic carbocycles. The van der Waals surface area contributed by atoms with Gasteiger partial charge in [-0.05, 0) is 32.1 Å². The average molecular weight is 266 g/mol. The van der Waals surface area contributed by atoms with E-state index in [4.69, 9.17) is 5.11 Å². The lowest BCUT2D eigenvalue weighted by atomic mass is 10.1. The topological polar surface area (TPSA) is 57.5 Å². The molecule has 19 heavy (non-hydrogen) atoms. The minimum atomic E-state index is -0.720. The summed E-state index contributed by atoms with van der Waals surface area (Å²) < 4.78 is 0. The average Bonchev–Trinajstić information content (AvgIpc) is 2.37. The van der Waals surface area contributed by atoms with Crippen molar-refractivity contribution in [2.75, 3.05) is 0 Å². The van der Waals surface area contributed by atoms with Gasteiger partial charge in [-0.2, -0.15) is 0 Å². The van der Waals surface area contributed by atoms with Crippen molar-refractivity contribution in [3.8, 4) is 0 Å². The molecule has 0 fully saturated rings. The van der Waals surface area contributed by atoms with Crippen molar-refractivity contribution in [2.45, 2.75) is 58.0 Å². The van der Waals surface area contributed by atoms with E-state index >= 15 is 0 Å². The number of carboxylic acid groups (broad SMARTS) is 1. The van der Waals surface area contributed by atoms with E-state index in [0.717, 1.165) is 32.1 Å². The lowest BCUT2D eigenvalue weighted by molar-refractivity contribution is -0.137. The van der Waals surface area contributed by atoms with Crippen LogP contribution < -0.4 is 0 Å². The van der Waals surface area contributed by atoms with Gasteiger partial charge in [0, 0.05) is 6.42 Å². The summed E-state index contributed by atoms with van der Waals surface area (Å²) in [6.45, 7) is 2.07. The predicted molar refractivity (Wildman–Crippen MR) is 79.1 cm³/mol. The highest BCUT2D eigenvalue weighted by Crippen LogP contribution is 2.05. The van der Waals surface area contributed by atoms with Crippen LogP contribution in [0.5, 0.6) is 0 Å². The number of hydrogen-bond donors (Lipinski definition) is 2. The van der Waals surface area contributed by atoms with Gasteiger partial charge >= 0.3 is 5.97 Å². The first-order valence-electron chi connectivity index (χ1n) is 7.05. The van der Waals surface area contributed by atoms with Crippen molar-refractivity contribution >= 4 is 5.97 Å². The van der Waals surface area contributed by atoms with Crippen molar-refractivity contribution < 1.29 is 15.0 Å². The van der Waals surface area contributed by atoms with Gasteiger partial charge in [-0.3, -0.25) is 4.79 Å². The van der Waals surface area contributed by atoms with Crippen LogP contribution in [0.15, 0.2) is 36.5 Å². The number of aliphatic carboxylic acids is 1. The molecular formula is C16H26O3. The number of carbonyl (C=O) groups is 1. The summed E-state index contributed by atoms with van der Waals surface area (Å²) in [4.78, 5) is 10.3. The second kappa shape index (κ2) is 13.1. The first-order chi connectivity index (χ1) is 9.16. The first kappa shape index (κ1) is 17.6. The van der Waals surface area contributed by atoms with Gasteiger partial charge in [-0.1, -0.05) is 49.8 Å². The maximum absolute atomic E-state index is 10.3. The van der Waals surface area contributed by atoms with Crippen LogP contribution in [0.3, 0.4) is 0 Å². The quantitative estimate of drug-likeness (QED) is 0.339. The van der Waals surface area contributed by atoms with Crippen LogP contribution >= 0.6 is 0 Å². The molecule has 0 radical (unpaired) electrons. The molecule has 2 N–H and O–H groups in total. The van der Waals surface area contributed by atoms with Crippen molar-refractivity contribution in [1.82, 2.24) is 0 Å². The van der Waals surface area contributed by atoms with Crippen molar-refractivity contribution in [2.24, 2.45) is 0 Å². The van der Waals surface area contributed by atoms with Crippen LogP contribution in [0, 0.1) is 0 Å². The number of allylic oxidation sites excluding steroid dienone is 4. The predicted octanol–water partition coefficient (Wildman–Crippen LogP) is 3.85. The molecule has 0 amide bonds. The molecule has 1 atom stereocenters. The van der Waals surface area contributed by atoms with Crippen LogP contribution in [0.25, 0.3) is 0 Å². The summed E-state index contributed by atoms with van der Waals surface area (Å²) >= 11 is 0. The molecule has 0 bridgehead atoms. The molecule has 0 aromatic rings. The summed E-state index contributed by atoms with van der Waals surface area (Å²) in [5, 5.41) is 18.1. The molecule has 108 valence electrons. The molecule has 0 aromatic heterocycles.